The predicted molar refractivity (Wildman–Crippen MR) is 61.2 cm³/mol. The zero-order valence-electron chi connectivity index (χ0n) is 10.1. The lowest BCUT2D eigenvalue weighted by Gasteiger charge is -2.23. The molecule has 0 aliphatic rings. The number of carbonyl (C=O) groups excluding carboxylic acids is 1. The van der Waals surface area contributed by atoms with Gasteiger partial charge in [-0.15, -0.1) is 0 Å². The Morgan fingerprint density at radius 1 is 1.41 bits per heavy atom. The van der Waals surface area contributed by atoms with E-state index in [1.807, 2.05) is 0 Å². The van der Waals surface area contributed by atoms with Crippen LogP contribution in [-0.4, -0.2) is 26.4 Å². The smallest absolute Gasteiger partial charge is 0.407 e. The van der Waals surface area contributed by atoms with Crippen LogP contribution in [-0.2, 0) is 9.47 Å². The van der Waals surface area contributed by atoms with Crippen LogP contribution in [0.4, 0.5) is 9.18 Å². The van der Waals surface area contributed by atoms with Gasteiger partial charge < -0.3 is 14.8 Å². The molecule has 0 radical (unpaired) electrons. The van der Waals surface area contributed by atoms with E-state index in [1.165, 1.54) is 20.2 Å². The molecule has 0 bridgehead atoms. The second-order valence-electron chi connectivity index (χ2n) is 3.54. The third kappa shape index (κ3) is 3.42. The van der Waals surface area contributed by atoms with Crippen molar-refractivity contribution in [2.24, 2.45) is 0 Å². The predicted octanol–water partition coefficient (Wildman–Crippen LogP) is 2.26. The highest BCUT2D eigenvalue weighted by molar-refractivity contribution is 5.66. The molecule has 0 unspecified atom stereocenters. The van der Waals surface area contributed by atoms with Crippen LogP contribution in [0.2, 0.25) is 0 Å². The molecule has 0 spiro atoms. The maximum absolute atomic E-state index is 13.6. The van der Waals surface area contributed by atoms with Gasteiger partial charge in [0.1, 0.15) is 18.0 Å². The maximum Gasteiger partial charge on any atom is 0.407 e. The van der Waals surface area contributed by atoms with Gasteiger partial charge in [0.25, 0.3) is 0 Å². The highest BCUT2D eigenvalue weighted by Gasteiger charge is 2.24. The number of alkyl carbamates (subject to hydrolysis) is 1. The lowest BCUT2D eigenvalue weighted by Crippen LogP contribution is -2.29. The Morgan fingerprint density at radius 3 is 2.59 bits per heavy atom. The van der Waals surface area contributed by atoms with Crippen molar-refractivity contribution in [2.75, 3.05) is 14.2 Å². The first-order chi connectivity index (χ1) is 8.10. The Kier molecular flexibility index (Phi) is 4.90. The van der Waals surface area contributed by atoms with Gasteiger partial charge in [0.15, 0.2) is 0 Å². The average Bonchev–Trinajstić information content (AvgIpc) is 2.32. The van der Waals surface area contributed by atoms with Crippen LogP contribution in [0, 0.1) is 5.82 Å². The Morgan fingerprint density at radius 2 is 2.06 bits per heavy atom. The van der Waals surface area contributed by atoms with E-state index in [0.29, 0.717) is 5.56 Å². The molecule has 1 amide bonds. The van der Waals surface area contributed by atoms with E-state index in [1.54, 1.807) is 25.1 Å². The summed E-state index contributed by atoms with van der Waals surface area (Å²) in [4.78, 5) is 11.1. The summed E-state index contributed by atoms with van der Waals surface area (Å²) in [6, 6.07) is 6.24. The summed E-state index contributed by atoms with van der Waals surface area (Å²) in [7, 11) is 2.90. The van der Waals surface area contributed by atoms with Crippen LogP contribution >= 0.6 is 0 Å². The number of hydrogen-bond donors (Lipinski definition) is 1. The lowest BCUT2D eigenvalue weighted by molar-refractivity contribution is -0.0160. The second-order valence-corrected chi connectivity index (χ2v) is 3.54. The van der Waals surface area contributed by atoms with Crippen LogP contribution in [0.15, 0.2) is 24.3 Å². The summed E-state index contributed by atoms with van der Waals surface area (Å²) in [6.07, 6.45) is -1.79. The van der Waals surface area contributed by atoms with Gasteiger partial charge in [-0.3, -0.25) is 0 Å². The molecule has 0 saturated heterocycles. The molecule has 1 aromatic carbocycles. The van der Waals surface area contributed by atoms with Crippen LogP contribution in [0.25, 0.3) is 0 Å². The molecule has 1 aromatic rings. The summed E-state index contributed by atoms with van der Waals surface area (Å²) in [5, 5.41) is 2.33. The molecule has 0 aliphatic heterocycles. The highest BCUT2D eigenvalue weighted by atomic mass is 19.1. The Balaban J connectivity index is 2.84. The van der Waals surface area contributed by atoms with E-state index in [9.17, 15) is 9.18 Å². The third-order valence-electron chi connectivity index (χ3n) is 2.39. The fourth-order valence-electron chi connectivity index (χ4n) is 1.57. The summed E-state index contributed by atoms with van der Waals surface area (Å²) >= 11 is 0. The zero-order chi connectivity index (χ0) is 12.8. The molecule has 0 saturated carbocycles. The van der Waals surface area contributed by atoms with Crippen molar-refractivity contribution in [1.82, 2.24) is 5.32 Å². The van der Waals surface area contributed by atoms with Gasteiger partial charge in [0, 0.05) is 19.7 Å². The van der Waals surface area contributed by atoms with Crippen molar-refractivity contribution < 1.29 is 18.7 Å². The SMILES string of the molecule is CNC(=O)O[C@@H](C)[C@@H](OC)c1ccccc1F. The topological polar surface area (TPSA) is 47.6 Å². The standard InChI is InChI=1S/C12H16FNO3/c1-8(17-12(15)14-2)11(16-3)9-6-4-5-7-10(9)13/h4-8,11H,1-3H3,(H,14,15)/t8-,11+/m0/s1. The van der Waals surface area contributed by atoms with Gasteiger partial charge in [0.05, 0.1) is 0 Å². The van der Waals surface area contributed by atoms with Crippen molar-refractivity contribution >= 4 is 6.09 Å². The Hall–Kier alpha value is -1.62. The third-order valence-corrected chi connectivity index (χ3v) is 2.39. The van der Waals surface area contributed by atoms with Crippen molar-refractivity contribution in [3.05, 3.63) is 35.6 Å². The van der Waals surface area contributed by atoms with Crippen LogP contribution in [0.3, 0.4) is 0 Å². The largest absolute Gasteiger partial charge is 0.443 e. The maximum atomic E-state index is 13.6. The molecule has 0 heterocycles. The van der Waals surface area contributed by atoms with Crippen LogP contribution in [0.1, 0.15) is 18.6 Å². The normalized spacial score (nSPS) is 13.9. The average molecular weight is 241 g/mol. The number of hydrogen-bond acceptors (Lipinski definition) is 3. The Bertz CT molecular complexity index is 384. The second kappa shape index (κ2) is 6.20. The molecule has 1 N–H and O–H groups in total. The van der Waals surface area contributed by atoms with Gasteiger partial charge in [-0.1, -0.05) is 18.2 Å². The van der Waals surface area contributed by atoms with E-state index >= 15 is 0 Å². The van der Waals surface area contributed by atoms with Crippen molar-refractivity contribution in [3.8, 4) is 0 Å². The zero-order valence-corrected chi connectivity index (χ0v) is 10.1. The molecular formula is C12H16FNO3. The van der Waals surface area contributed by atoms with Crippen molar-refractivity contribution in [1.29, 1.82) is 0 Å². The van der Waals surface area contributed by atoms with Crippen LogP contribution < -0.4 is 5.32 Å². The minimum Gasteiger partial charge on any atom is -0.443 e. The minimum atomic E-state index is -0.631. The van der Waals surface area contributed by atoms with E-state index in [-0.39, 0.29) is 5.82 Å². The minimum absolute atomic E-state index is 0.367. The van der Waals surface area contributed by atoms with E-state index in [4.69, 9.17) is 9.47 Å². The lowest BCUT2D eigenvalue weighted by atomic mass is 10.0. The van der Waals surface area contributed by atoms with E-state index in [2.05, 4.69) is 5.32 Å². The number of rotatable bonds is 4. The fraction of sp³-hybridized carbons (Fsp3) is 0.417. The van der Waals surface area contributed by atoms with Gasteiger partial charge in [-0.2, -0.15) is 0 Å². The number of methoxy groups -OCH3 is 1. The van der Waals surface area contributed by atoms with E-state index in [0.717, 1.165) is 0 Å². The highest BCUT2D eigenvalue weighted by Crippen LogP contribution is 2.25. The summed E-state index contributed by atoms with van der Waals surface area (Å²) in [6.45, 7) is 1.65. The number of amides is 1. The summed E-state index contributed by atoms with van der Waals surface area (Å²) < 4.78 is 23.8. The molecule has 0 aliphatic carbocycles. The van der Waals surface area contributed by atoms with Gasteiger partial charge >= 0.3 is 6.09 Å². The number of carbonyl (C=O) groups is 1. The number of halogens is 1. The molecule has 4 nitrogen and oxygen atoms in total. The first-order valence-corrected chi connectivity index (χ1v) is 5.25. The molecule has 1 rings (SSSR count). The van der Waals surface area contributed by atoms with Crippen molar-refractivity contribution in [2.45, 2.75) is 19.1 Å². The molecule has 0 fully saturated rings. The van der Waals surface area contributed by atoms with Gasteiger partial charge in [-0.05, 0) is 13.0 Å². The molecule has 0 aromatic heterocycles. The number of benzene rings is 1. The van der Waals surface area contributed by atoms with Crippen LogP contribution in [0.5, 0.6) is 0 Å². The molecule has 17 heavy (non-hydrogen) atoms. The summed E-state index contributed by atoms with van der Waals surface area (Å²) in [5.41, 5.74) is 0.367. The quantitative estimate of drug-likeness (QED) is 0.879. The monoisotopic (exact) mass is 241 g/mol. The Labute approximate surface area is 99.7 Å². The summed E-state index contributed by atoms with van der Waals surface area (Å²) in [5.74, 6) is -0.383. The van der Waals surface area contributed by atoms with Gasteiger partial charge in [-0.25, -0.2) is 9.18 Å². The first-order valence-electron chi connectivity index (χ1n) is 5.25. The molecular weight excluding hydrogens is 225 g/mol. The molecule has 94 valence electrons. The van der Waals surface area contributed by atoms with Crippen molar-refractivity contribution in [3.63, 3.8) is 0 Å². The van der Waals surface area contributed by atoms with E-state index < -0.39 is 18.3 Å². The first kappa shape index (κ1) is 13.4. The molecule has 2 atom stereocenters. The molecule has 5 heteroatoms. The number of ether oxygens (including phenoxy) is 2. The number of nitrogens with one attached hydrogen (secondary N) is 1. The fourth-order valence-corrected chi connectivity index (χ4v) is 1.57. The van der Waals surface area contributed by atoms with Gasteiger partial charge in [0.2, 0.25) is 0 Å².